The van der Waals surface area contributed by atoms with E-state index in [0.717, 1.165) is 22.2 Å². The molecule has 1 aliphatic heterocycles. The predicted octanol–water partition coefficient (Wildman–Crippen LogP) is 2.40. The molecule has 3 rings (SSSR count). The van der Waals surface area contributed by atoms with Crippen LogP contribution in [-0.2, 0) is 9.53 Å². The molecule has 2 unspecified atom stereocenters. The van der Waals surface area contributed by atoms with Crippen LogP contribution in [0.25, 0.3) is 11.0 Å². The van der Waals surface area contributed by atoms with Gasteiger partial charge in [0.2, 0.25) is 0 Å². The lowest BCUT2D eigenvalue weighted by Crippen LogP contribution is -2.51. The third-order valence-electron chi connectivity index (χ3n) is 3.86. The average Bonchev–Trinajstić information content (AvgIpc) is 2.46. The molecule has 0 radical (unpaired) electrons. The van der Waals surface area contributed by atoms with Gasteiger partial charge >= 0.3 is 5.97 Å². The van der Waals surface area contributed by atoms with Crippen LogP contribution in [0.1, 0.15) is 25.0 Å². The van der Waals surface area contributed by atoms with E-state index in [0.29, 0.717) is 10.8 Å². The summed E-state index contributed by atoms with van der Waals surface area (Å²) in [4.78, 5) is 21.2. The van der Waals surface area contributed by atoms with Gasteiger partial charge in [0.25, 0.3) is 0 Å². The van der Waals surface area contributed by atoms with E-state index >= 15 is 0 Å². The minimum Gasteiger partial charge on any atom is -0.465 e. The number of aromatic nitrogens is 2. The van der Waals surface area contributed by atoms with Gasteiger partial charge in [-0.25, -0.2) is 9.97 Å². The zero-order chi connectivity index (χ0) is 16.8. The summed E-state index contributed by atoms with van der Waals surface area (Å²) in [5, 5.41) is 13.3. The number of rotatable bonds is 2. The number of hydrogen-bond donors (Lipinski definition) is 2. The zero-order valence-corrected chi connectivity index (χ0v) is 14.3. The maximum atomic E-state index is 12.1. The van der Waals surface area contributed by atoms with Crippen molar-refractivity contribution in [2.24, 2.45) is 0 Å². The van der Waals surface area contributed by atoms with Gasteiger partial charge in [-0.1, -0.05) is 11.8 Å². The first-order chi connectivity index (χ1) is 10.8. The second-order valence-electron chi connectivity index (χ2n) is 5.83. The maximum absolute atomic E-state index is 12.1. The van der Waals surface area contributed by atoms with E-state index in [1.807, 2.05) is 26.0 Å². The number of thioether (sulfide) groups is 1. The Morgan fingerprint density at radius 1 is 1.35 bits per heavy atom. The Hall–Kier alpha value is -1.86. The Morgan fingerprint density at radius 3 is 2.57 bits per heavy atom. The minimum absolute atomic E-state index is 0.265. The van der Waals surface area contributed by atoms with E-state index in [1.54, 1.807) is 6.92 Å². The molecule has 7 heteroatoms. The fraction of sp³-hybridized carbons (Fsp3) is 0.438. The van der Waals surface area contributed by atoms with Crippen LogP contribution in [0.4, 0.5) is 5.82 Å². The Labute approximate surface area is 138 Å². The molecule has 1 aromatic heterocycles. The van der Waals surface area contributed by atoms with Crippen LogP contribution in [0, 0.1) is 13.8 Å². The Balaban J connectivity index is 2.06. The highest BCUT2D eigenvalue weighted by Gasteiger charge is 2.44. The molecule has 0 fully saturated rings. The molecule has 0 saturated carbocycles. The van der Waals surface area contributed by atoms with E-state index in [2.05, 4.69) is 15.3 Å². The summed E-state index contributed by atoms with van der Waals surface area (Å²) >= 11 is 1.18. The Kier molecular flexibility index (Phi) is 3.93. The number of carbonyl (C=O) groups is 1. The monoisotopic (exact) mass is 333 g/mol. The molecule has 0 saturated heterocycles. The van der Waals surface area contributed by atoms with Gasteiger partial charge < -0.3 is 15.2 Å². The zero-order valence-electron chi connectivity index (χ0n) is 13.5. The van der Waals surface area contributed by atoms with Gasteiger partial charge in [0.05, 0.1) is 17.6 Å². The number of ether oxygens (including phenoxy) is 1. The van der Waals surface area contributed by atoms with Crippen molar-refractivity contribution in [3.8, 4) is 0 Å². The molecule has 2 atom stereocenters. The lowest BCUT2D eigenvalue weighted by Gasteiger charge is -2.36. The first kappa shape index (κ1) is 16.0. The van der Waals surface area contributed by atoms with E-state index in [1.165, 1.54) is 18.7 Å². The van der Waals surface area contributed by atoms with Crippen molar-refractivity contribution in [1.29, 1.82) is 0 Å². The van der Waals surface area contributed by atoms with Crippen LogP contribution in [0.2, 0.25) is 0 Å². The molecule has 122 valence electrons. The van der Waals surface area contributed by atoms with Gasteiger partial charge in [0, 0.05) is 0 Å². The summed E-state index contributed by atoms with van der Waals surface area (Å²) < 4.78 is 5.05. The van der Waals surface area contributed by atoms with Crippen LogP contribution in [0.3, 0.4) is 0 Å². The lowest BCUT2D eigenvalue weighted by molar-refractivity contribution is -0.146. The topological polar surface area (TPSA) is 84.3 Å². The summed E-state index contributed by atoms with van der Waals surface area (Å²) in [5.74, 6) is 0.0129. The van der Waals surface area contributed by atoms with Gasteiger partial charge in [-0.3, -0.25) is 4.79 Å². The molecule has 0 amide bonds. The molecule has 23 heavy (non-hydrogen) atoms. The van der Waals surface area contributed by atoms with E-state index in [4.69, 9.17) is 4.74 Å². The van der Waals surface area contributed by atoms with Crippen molar-refractivity contribution in [3.05, 3.63) is 23.3 Å². The normalized spacial score (nSPS) is 23.3. The van der Waals surface area contributed by atoms with E-state index in [-0.39, 0.29) is 6.61 Å². The molecule has 6 nitrogen and oxygen atoms in total. The third-order valence-corrected chi connectivity index (χ3v) is 5.25. The van der Waals surface area contributed by atoms with Gasteiger partial charge in [-0.2, -0.15) is 0 Å². The first-order valence-electron chi connectivity index (χ1n) is 7.44. The minimum atomic E-state index is -1.45. The van der Waals surface area contributed by atoms with Crippen molar-refractivity contribution < 1.29 is 14.6 Å². The second kappa shape index (κ2) is 5.65. The molecule has 0 bridgehead atoms. The van der Waals surface area contributed by atoms with Crippen LogP contribution in [0.15, 0.2) is 17.2 Å². The quantitative estimate of drug-likeness (QED) is 0.816. The highest BCUT2D eigenvalue weighted by Crippen LogP contribution is 2.40. The van der Waals surface area contributed by atoms with Gasteiger partial charge in [0.1, 0.15) is 5.03 Å². The average molecular weight is 333 g/mol. The summed E-state index contributed by atoms with van der Waals surface area (Å²) in [5.41, 5.74) is 2.34. The largest absolute Gasteiger partial charge is 0.465 e. The number of nitrogens with one attached hydrogen (secondary N) is 1. The standard InChI is InChI=1S/C16H19N3O3S/c1-5-22-15(20)12-16(4,21)19-13-14(23-12)18-11-7-9(3)8(2)6-10(11)17-13/h6-7,12,21H,5H2,1-4H3,(H,17,19). The third kappa shape index (κ3) is 2.86. The summed E-state index contributed by atoms with van der Waals surface area (Å²) in [6, 6.07) is 3.95. The fourth-order valence-electron chi connectivity index (χ4n) is 2.49. The highest BCUT2D eigenvalue weighted by molar-refractivity contribution is 8.00. The predicted molar refractivity (Wildman–Crippen MR) is 89.5 cm³/mol. The maximum Gasteiger partial charge on any atom is 0.324 e. The first-order valence-corrected chi connectivity index (χ1v) is 8.32. The Morgan fingerprint density at radius 2 is 1.96 bits per heavy atom. The molecule has 2 heterocycles. The number of esters is 1. The summed E-state index contributed by atoms with van der Waals surface area (Å²) in [6.45, 7) is 7.58. The molecule has 0 aliphatic carbocycles. The van der Waals surface area contributed by atoms with E-state index in [9.17, 15) is 9.90 Å². The van der Waals surface area contributed by atoms with Crippen molar-refractivity contribution in [1.82, 2.24) is 9.97 Å². The number of hydrogen-bond acceptors (Lipinski definition) is 7. The SMILES string of the molecule is CCOC(=O)C1Sc2nc3cc(C)c(C)cc3nc2NC1(C)O. The van der Waals surface area contributed by atoms with Gasteiger partial charge in [-0.05, 0) is 51.0 Å². The molecule has 2 N–H and O–H groups in total. The van der Waals surface area contributed by atoms with Crippen molar-refractivity contribution in [3.63, 3.8) is 0 Å². The Bertz CT molecular complexity index is 792. The highest BCUT2D eigenvalue weighted by atomic mass is 32.2. The molecular weight excluding hydrogens is 314 g/mol. The van der Waals surface area contributed by atoms with Crippen LogP contribution in [0.5, 0.6) is 0 Å². The number of anilines is 1. The lowest BCUT2D eigenvalue weighted by atomic mass is 10.1. The number of carbonyl (C=O) groups excluding carboxylic acids is 1. The van der Waals surface area contributed by atoms with Crippen molar-refractivity contribution in [2.75, 3.05) is 11.9 Å². The van der Waals surface area contributed by atoms with Crippen LogP contribution < -0.4 is 5.32 Å². The van der Waals surface area contributed by atoms with Crippen molar-refractivity contribution >= 4 is 34.6 Å². The van der Waals surface area contributed by atoms with E-state index < -0.39 is 16.9 Å². The number of nitrogens with zero attached hydrogens (tertiary/aromatic N) is 2. The van der Waals surface area contributed by atoms with Crippen LogP contribution in [-0.4, -0.2) is 38.6 Å². The number of aryl methyl sites for hydroxylation is 2. The smallest absolute Gasteiger partial charge is 0.324 e. The number of benzene rings is 1. The summed E-state index contributed by atoms with van der Waals surface area (Å²) in [6.07, 6.45) is 0. The van der Waals surface area contributed by atoms with Gasteiger partial charge in [0.15, 0.2) is 16.8 Å². The molecule has 1 aromatic carbocycles. The number of aliphatic hydroxyl groups is 1. The van der Waals surface area contributed by atoms with Gasteiger partial charge in [-0.15, -0.1) is 0 Å². The molecule has 0 spiro atoms. The summed E-state index contributed by atoms with van der Waals surface area (Å²) in [7, 11) is 0. The number of fused-ring (bicyclic) bond motifs is 2. The molecular formula is C16H19N3O3S. The molecule has 1 aliphatic rings. The second-order valence-corrected chi connectivity index (χ2v) is 6.92. The molecule has 2 aromatic rings. The fourth-order valence-corrected chi connectivity index (χ4v) is 3.52. The van der Waals surface area contributed by atoms with Crippen LogP contribution >= 0.6 is 11.8 Å². The van der Waals surface area contributed by atoms with Crippen molar-refractivity contribution in [2.45, 2.75) is 43.7 Å².